The summed E-state index contributed by atoms with van der Waals surface area (Å²) in [5.74, 6) is -1.17. The minimum atomic E-state index is -0.767. The topological polar surface area (TPSA) is 66.8 Å². The van der Waals surface area contributed by atoms with Crippen LogP contribution in [0.2, 0.25) is 0 Å². The Kier molecular flexibility index (Phi) is 7.33. The molecule has 6 heteroatoms. The lowest BCUT2D eigenvalue weighted by Gasteiger charge is -2.25. The molecule has 1 saturated heterocycles. The highest BCUT2D eigenvalue weighted by Gasteiger charge is 2.45. The first-order valence-electron chi connectivity index (χ1n) is 11.1. The summed E-state index contributed by atoms with van der Waals surface area (Å²) in [6.07, 6.45) is 1.56. The van der Waals surface area contributed by atoms with Gasteiger partial charge in [0, 0.05) is 12.1 Å². The van der Waals surface area contributed by atoms with Gasteiger partial charge in [0.05, 0.1) is 18.2 Å². The van der Waals surface area contributed by atoms with Crippen LogP contribution < -0.4 is 4.74 Å². The fourth-order valence-corrected chi connectivity index (χ4v) is 4.02. The number of rotatable bonds is 8. The summed E-state index contributed by atoms with van der Waals surface area (Å²) in [5.41, 5.74) is 1.95. The Hall–Kier alpha value is -3.15. The number of hydrogen-bond acceptors (Lipinski definition) is 4. The van der Waals surface area contributed by atoms with Gasteiger partial charge in [0.2, 0.25) is 0 Å². The van der Waals surface area contributed by atoms with Crippen LogP contribution in [-0.4, -0.2) is 34.8 Å². The van der Waals surface area contributed by atoms with E-state index < -0.39 is 23.5 Å². The molecule has 32 heavy (non-hydrogen) atoms. The number of amides is 1. The van der Waals surface area contributed by atoms with E-state index in [1.54, 1.807) is 30.3 Å². The number of carbonyl (C=O) groups excluding carboxylic acids is 2. The van der Waals surface area contributed by atoms with Crippen molar-refractivity contribution in [1.82, 2.24) is 4.90 Å². The van der Waals surface area contributed by atoms with Crippen LogP contribution >= 0.6 is 0 Å². The van der Waals surface area contributed by atoms with E-state index in [9.17, 15) is 19.1 Å². The van der Waals surface area contributed by atoms with Crippen molar-refractivity contribution in [3.63, 3.8) is 0 Å². The first-order valence-corrected chi connectivity index (χ1v) is 11.1. The molecule has 1 atom stereocenters. The average Bonchev–Trinajstić information content (AvgIpc) is 3.02. The Morgan fingerprint density at radius 2 is 1.81 bits per heavy atom. The number of carbonyl (C=O) groups is 2. The third-order valence-corrected chi connectivity index (χ3v) is 5.68. The molecule has 1 fully saturated rings. The Labute approximate surface area is 188 Å². The average molecular weight is 440 g/mol. The van der Waals surface area contributed by atoms with Crippen molar-refractivity contribution in [2.45, 2.75) is 52.5 Å². The number of aliphatic hydroxyl groups is 1. The Bertz CT molecular complexity index is 1030. The number of unbranched alkanes of at least 4 members (excludes halogenated alkanes) is 1. The molecule has 2 aromatic carbocycles. The number of ketones is 1. The molecule has 0 bridgehead atoms. The van der Waals surface area contributed by atoms with Crippen molar-refractivity contribution in [3.05, 3.63) is 70.5 Å². The number of aliphatic hydroxyl groups excluding tert-OH is 1. The molecule has 5 nitrogen and oxygen atoms in total. The van der Waals surface area contributed by atoms with Gasteiger partial charge in [0.25, 0.3) is 11.7 Å². The third kappa shape index (κ3) is 4.54. The zero-order valence-electron chi connectivity index (χ0n) is 19.0. The van der Waals surface area contributed by atoms with Gasteiger partial charge in [-0.25, -0.2) is 4.39 Å². The summed E-state index contributed by atoms with van der Waals surface area (Å²) in [6.45, 7) is 8.82. The summed E-state index contributed by atoms with van der Waals surface area (Å²) in [4.78, 5) is 27.4. The second-order valence-electron chi connectivity index (χ2n) is 8.24. The molecule has 3 rings (SSSR count). The summed E-state index contributed by atoms with van der Waals surface area (Å²) in [7, 11) is 0. The molecule has 1 amide bonds. The SMILES string of the molecule is CCCCN1C(=O)C(=O)/C(=C(\O)c2ccc(OCC)c(C(C)C)c2)C1c1ccc(F)cc1. The normalized spacial score (nSPS) is 17.9. The summed E-state index contributed by atoms with van der Waals surface area (Å²) in [6, 6.07) is 10.2. The first kappa shape index (κ1) is 23.5. The maximum absolute atomic E-state index is 13.5. The minimum Gasteiger partial charge on any atom is -0.507 e. The molecule has 0 saturated carbocycles. The molecule has 170 valence electrons. The molecule has 2 aromatic rings. The van der Waals surface area contributed by atoms with Crippen LogP contribution in [0.25, 0.3) is 5.76 Å². The van der Waals surface area contributed by atoms with E-state index in [0.717, 1.165) is 17.7 Å². The second-order valence-corrected chi connectivity index (χ2v) is 8.24. The minimum absolute atomic E-state index is 0.0246. The molecule has 1 heterocycles. The molecule has 0 aromatic heterocycles. The van der Waals surface area contributed by atoms with Crippen LogP contribution in [0.4, 0.5) is 4.39 Å². The largest absolute Gasteiger partial charge is 0.507 e. The predicted octanol–water partition coefficient (Wildman–Crippen LogP) is 5.57. The van der Waals surface area contributed by atoms with Gasteiger partial charge in [-0.3, -0.25) is 9.59 Å². The monoisotopic (exact) mass is 439 g/mol. The summed E-state index contributed by atoms with van der Waals surface area (Å²) in [5, 5.41) is 11.2. The van der Waals surface area contributed by atoms with Crippen LogP contribution in [0, 0.1) is 5.82 Å². The molecule has 0 radical (unpaired) electrons. The van der Waals surface area contributed by atoms with E-state index in [4.69, 9.17) is 4.74 Å². The molecule has 0 aliphatic carbocycles. The van der Waals surface area contributed by atoms with Gasteiger partial charge in [-0.2, -0.15) is 0 Å². The van der Waals surface area contributed by atoms with E-state index in [1.807, 2.05) is 27.7 Å². The van der Waals surface area contributed by atoms with Gasteiger partial charge >= 0.3 is 0 Å². The van der Waals surface area contributed by atoms with Gasteiger partial charge in [0.1, 0.15) is 17.3 Å². The van der Waals surface area contributed by atoms with Crippen molar-refractivity contribution in [1.29, 1.82) is 0 Å². The quantitative estimate of drug-likeness (QED) is 0.332. The third-order valence-electron chi connectivity index (χ3n) is 5.68. The number of hydrogen-bond donors (Lipinski definition) is 1. The number of halogens is 1. The highest BCUT2D eigenvalue weighted by Crippen LogP contribution is 2.40. The fourth-order valence-electron chi connectivity index (χ4n) is 4.02. The molecule has 1 aliphatic heterocycles. The highest BCUT2D eigenvalue weighted by molar-refractivity contribution is 6.46. The number of Topliss-reactive ketones (excluding diaryl/α,β-unsaturated/α-hetero) is 1. The van der Waals surface area contributed by atoms with Crippen molar-refractivity contribution in [3.8, 4) is 5.75 Å². The number of ether oxygens (including phenoxy) is 1. The zero-order valence-corrected chi connectivity index (χ0v) is 19.0. The lowest BCUT2D eigenvalue weighted by Crippen LogP contribution is -2.30. The van der Waals surface area contributed by atoms with E-state index in [1.165, 1.54) is 17.0 Å². The highest BCUT2D eigenvalue weighted by atomic mass is 19.1. The van der Waals surface area contributed by atoms with Crippen LogP contribution in [0.3, 0.4) is 0 Å². The van der Waals surface area contributed by atoms with Gasteiger partial charge in [-0.1, -0.05) is 39.3 Å². The Morgan fingerprint density at radius 1 is 1.12 bits per heavy atom. The fraction of sp³-hybridized carbons (Fsp3) is 0.385. The Morgan fingerprint density at radius 3 is 2.41 bits per heavy atom. The van der Waals surface area contributed by atoms with E-state index in [2.05, 4.69) is 0 Å². The molecule has 1 unspecified atom stereocenters. The molecule has 1 N–H and O–H groups in total. The smallest absolute Gasteiger partial charge is 0.295 e. The maximum Gasteiger partial charge on any atom is 0.295 e. The maximum atomic E-state index is 13.5. The van der Waals surface area contributed by atoms with E-state index >= 15 is 0 Å². The lowest BCUT2D eigenvalue weighted by atomic mass is 9.93. The van der Waals surface area contributed by atoms with Crippen molar-refractivity contribution < 1.29 is 23.8 Å². The first-order chi connectivity index (χ1) is 15.3. The second kappa shape index (κ2) is 9.98. The van der Waals surface area contributed by atoms with Gasteiger partial charge < -0.3 is 14.7 Å². The lowest BCUT2D eigenvalue weighted by molar-refractivity contribution is -0.139. The molecule has 1 aliphatic rings. The van der Waals surface area contributed by atoms with Crippen LogP contribution in [0.1, 0.15) is 69.2 Å². The predicted molar refractivity (Wildman–Crippen MR) is 122 cm³/mol. The van der Waals surface area contributed by atoms with E-state index in [-0.39, 0.29) is 17.3 Å². The van der Waals surface area contributed by atoms with Crippen molar-refractivity contribution in [2.75, 3.05) is 13.2 Å². The van der Waals surface area contributed by atoms with Crippen LogP contribution in [-0.2, 0) is 9.59 Å². The molecule has 0 spiro atoms. The van der Waals surface area contributed by atoms with Crippen LogP contribution in [0.15, 0.2) is 48.0 Å². The Balaban J connectivity index is 2.16. The van der Waals surface area contributed by atoms with Crippen molar-refractivity contribution >= 4 is 17.4 Å². The number of nitrogens with zero attached hydrogens (tertiary/aromatic N) is 1. The number of benzene rings is 2. The standard InChI is InChI=1S/C26H30FNO4/c1-5-7-14-28-23(17-8-11-19(27)12-9-17)22(25(30)26(28)31)24(29)18-10-13-21(32-6-2)20(15-18)16(3)4/h8-13,15-16,23,29H,5-7,14H2,1-4H3/b24-22-. The van der Waals surface area contributed by atoms with Crippen LogP contribution in [0.5, 0.6) is 5.75 Å². The van der Waals surface area contributed by atoms with Crippen molar-refractivity contribution in [2.24, 2.45) is 0 Å². The van der Waals surface area contributed by atoms with Gasteiger partial charge in [0.15, 0.2) is 0 Å². The summed E-state index contributed by atoms with van der Waals surface area (Å²) < 4.78 is 19.2. The van der Waals surface area contributed by atoms with Gasteiger partial charge in [-0.05, 0) is 60.7 Å². The zero-order chi connectivity index (χ0) is 23.4. The molecular weight excluding hydrogens is 409 g/mol. The summed E-state index contributed by atoms with van der Waals surface area (Å²) >= 11 is 0. The van der Waals surface area contributed by atoms with E-state index in [0.29, 0.717) is 30.7 Å². The number of likely N-dealkylation sites (tertiary alicyclic amines) is 1. The van der Waals surface area contributed by atoms with Gasteiger partial charge in [-0.15, -0.1) is 0 Å². The molecular formula is C26H30FNO4.